The van der Waals surface area contributed by atoms with E-state index in [1.165, 1.54) is 17.0 Å². The normalized spacial score (nSPS) is 15.9. The number of hydrogen-bond donors (Lipinski definition) is 0. The van der Waals surface area contributed by atoms with Crippen LogP contribution in [0, 0.1) is 0 Å². The highest BCUT2D eigenvalue weighted by Gasteiger charge is 2.66. The predicted molar refractivity (Wildman–Crippen MR) is 132 cm³/mol. The Kier molecular flexibility index (Phi) is 6.34. The third-order valence-corrected chi connectivity index (χ3v) is 8.60. The van der Waals surface area contributed by atoms with Gasteiger partial charge in [0.1, 0.15) is 22.4 Å². The highest BCUT2D eigenvalue weighted by atomic mass is 35.5. The van der Waals surface area contributed by atoms with Crippen molar-refractivity contribution in [1.29, 1.82) is 0 Å². The Hall–Kier alpha value is -1.82. The predicted octanol–water partition coefficient (Wildman–Crippen LogP) is 7.35. The van der Waals surface area contributed by atoms with Crippen molar-refractivity contribution in [1.82, 2.24) is 20.0 Å². The van der Waals surface area contributed by atoms with E-state index in [-0.39, 0.29) is 38.5 Å². The van der Waals surface area contributed by atoms with E-state index in [1.807, 2.05) is 0 Å². The Bertz CT molecular complexity index is 1420. The molecule has 1 saturated carbocycles. The SMILES string of the molecule is C[S+]([O-])c1c(-c2nnc(C3(C(F)(F)F)CC3)s2)nn(-c2ccc(Cl)cc2Cl)c1-c1ccc(Cl)cc1. The molecule has 182 valence electrons. The van der Waals surface area contributed by atoms with E-state index >= 15 is 0 Å². The minimum absolute atomic E-state index is 0.0391. The van der Waals surface area contributed by atoms with Gasteiger partial charge in [0.2, 0.25) is 4.90 Å². The number of nitrogens with zero attached hydrogens (tertiary/aromatic N) is 4. The lowest BCUT2D eigenvalue weighted by molar-refractivity contribution is -0.160. The van der Waals surface area contributed by atoms with Crippen LogP contribution in [0.1, 0.15) is 17.8 Å². The Balaban J connectivity index is 1.75. The first kappa shape index (κ1) is 24.9. The third kappa shape index (κ3) is 4.34. The number of halogens is 6. The van der Waals surface area contributed by atoms with Gasteiger partial charge in [-0.3, -0.25) is 0 Å². The van der Waals surface area contributed by atoms with Gasteiger partial charge in [0.25, 0.3) is 0 Å². The first-order valence-electron chi connectivity index (χ1n) is 10.1. The maximum atomic E-state index is 13.7. The van der Waals surface area contributed by atoms with Gasteiger partial charge >= 0.3 is 6.18 Å². The second-order valence-corrected chi connectivity index (χ2v) is 11.6. The fourth-order valence-corrected chi connectivity index (χ4v) is 6.43. The summed E-state index contributed by atoms with van der Waals surface area (Å²) in [6.07, 6.45) is -3.04. The molecule has 5 nitrogen and oxygen atoms in total. The van der Waals surface area contributed by atoms with Crippen molar-refractivity contribution >= 4 is 57.3 Å². The average Bonchev–Trinajstić information content (AvgIpc) is 3.30. The van der Waals surface area contributed by atoms with Crippen LogP contribution in [0.3, 0.4) is 0 Å². The maximum absolute atomic E-state index is 13.7. The van der Waals surface area contributed by atoms with Crippen LogP contribution in [0.15, 0.2) is 47.4 Å². The molecule has 4 aromatic rings. The zero-order valence-corrected chi connectivity index (χ0v) is 21.6. The van der Waals surface area contributed by atoms with Gasteiger partial charge in [0.05, 0.1) is 10.7 Å². The van der Waals surface area contributed by atoms with Gasteiger partial charge in [-0.1, -0.05) is 58.3 Å². The molecule has 1 unspecified atom stereocenters. The monoisotopic (exact) mass is 576 g/mol. The number of rotatable bonds is 5. The van der Waals surface area contributed by atoms with E-state index in [9.17, 15) is 17.7 Å². The first-order valence-corrected chi connectivity index (χ1v) is 13.6. The number of aromatic nitrogens is 4. The van der Waals surface area contributed by atoms with Gasteiger partial charge in [-0.15, -0.1) is 10.2 Å². The van der Waals surface area contributed by atoms with Crippen molar-refractivity contribution in [3.05, 3.63) is 62.5 Å². The van der Waals surface area contributed by atoms with Crippen molar-refractivity contribution in [3.63, 3.8) is 0 Å². The molecule has 13 heteroatoms. The van der Waals surface area contributed by atoms with Crippen LogP contribution in [0.2, 0.25) is 15.1 Å². The molecular formula is C22H14Cl3F3N4OS2. The lowest BCUT2D eigenvalue weighted by atomic mass is 10.1. The molecule has 2 heterocycles. The average molecular weight is 578 g/mol. The maximum Gasteiger partial charge on any atom is 0.400 e. The quantitative estimate of drug-likeness (QED) is 0.233. The molecule has 35 heavy (non-hydrogen) atoms. The van der Waals surface area contributed by atoms with Crippen LogP contribution < -0.4 is 0 Å². The van der Waals surface area contributed by atoms with E-state index in [4.69, 9.17) is 34.8 Å². The summed E-state index contributed by atoms with van der Waals surface area (Å²) in [5, 5.41) is 13.7. The molecule has 0 saturated heterocycles. The molecule has 1 atom stereocenters. The summed E-state index contributed by atoms with van der Waals surface area (Å²) in [5.41, 5.74) is -0.296. The fraction of sp³-hybridized carbons (Fsp3) is 0.227. The summed E-state index contributed by atoms with van der Waals surface area (Å²) < 4.78 is 55.5. The lowest BCUT2D eigenvalue weighted by Crippen LogP contribution is -2.28. The summed E-state index contributed by atoms with van der Waals surface area (Å²) in [7, 11) is 0. The molecule has 5 rings (SSSR count). The van der Waals surface area contributed by atoms with Crippen LogP contribution in [0.4, 0.5) is 13.2 Å². The van der Waals surface area contributed by atoms with Crippen molar-refractivity contribution in [2.45, 2.75) is 29.3 Å². The summed E-state index contributed by atoms with van der Waals surface area (Å²) in [6, 6.07) is 11.6. The van der Waals surface area contributed by atoms with Crippen LogP contribution >= 0.6 is 46.1 Å². The molecule has 0 radical (unpaired) electrons. The smallest absolute Gasteiger partial charge is 0.400 e. The standard InChI is InChI=1S/C22H14Cl3F3N4OS2/c1-35(33)18-16(19-29-30-20(34-19)21(8-9-21)22(26,27)28)31-32(15-7-6-13(24)10-14(15)25)17(18)11-2-4-12(23)5-3-11/h2-7,10H,8-9H2,1H3. The van der Waals surface area contributed by atoms with Crippen LogP contribution in [0.5, 0.6) is 0 Å². The van der Waals surface area contributed by atoms with Crippen LogP contribution in [-0.4, -0.2) is 37.0 Å². The van der Waals surface area contributed by atoms with Gasteiger partial charge in [-0.05, 0) is 54.3 Å². The van der Waals surface area contributed by atoms with Gasteiger partial charge in [-0.25, -0.2) is 4.68 Å². The first-order chi connectivity index (χ1) is 16.5. The van der Waals surface area contributed by atoms with E-state index in [2.05, 4.69) is 15.3 Å². The lowest BCUT2D eigenvalue weighted by Gasteiger charge is -2.15. The fourth-order valence-electron chi connectivity index (χ4n) is 3.76. The summed E-state index contributed by atoms with van der Waals surface area (Å²) in [6.45, 7) is 0. The topological polar surface area (TPSA) is 66.7 Å². The Morgan fingerprint density at radius 3 is 2.26 bits per heavy atom. The largest absolute Gasteiger partial charge is 0.612 e. The minimum atomic E-state index is -4.43. The second kappa shape index (κ2) is 8.93. The zero-order valence-electron chi connectivity index (χ0n) is 17.7. The molecule has 1 aliphatic carbocycles. The number of benzene rings is 2. The number of alkyl halides is 3. The van der Waals surface area contributed by atoms with Crippen molar-refractivity contribution < 1.29 is 17.7 Å². The van der Waals surface area contributed by atoms with E-state index in [1.54, 1.807) is 36.4 Å². The highest BCUT2D eigenvalue weighted by Crippen LogP contribution is 2.60. The molecule has 2 aromatic carbocycles. The van der Waals surface area contributed by atoms with Gasteiger partial charge in [0.15, 0.2) is 10.7 Å². The van der Waals surface area contributed by atoms with Crippen molar-refractivity contribution in [3.8, 4) is 27.6 Å². The summed E-state index contributed by atoms with van der Waals surface area (Å²) in [4.78, 5) is 0.290. The third-order valence-electron chi connectivity index (χ3n) is 5.71. The molecule has 0 aliphatic heterocycles. The van der Waals surface area contributed by atoms with E-state index < -0.39 is 22.8 Å². The molecule has 0 bridgehead atoms. The summed E-state index contributed by atoms with van der Waals surface area (Å²) in [5.74, 6) is 0. The van der Waals surface area contributed by atoms with Gasteiger partial charge in [0, 0.05) is 15.6 Å². The van der Waals surface area contributed by atoms with E-state index in [0.29, 0.717) is 27.0 Å². The Morgan fingerprint density at radius 1 is 1.03 bits per heavy atom. The van der Waals surface area contributed by atoms with Gasteiger partial charge < -0.3 is 4.55 Å². The zero-order chi connectivity index (χ0) is 25.1. The molecular weight excluding hydrogens is 564 g/mol. The Morgan fingerprint density at radius 2 is 1.69 bits per heavy atom. The minimum Gasteiger partial charge on any atom is -0.612 e. The van der Waals surface area contributed by atoms with Crippen LogP contribution in [0.25, 0.3) is 27.6 Å². The van der Waals surface area contributed by atoms with Crippen LogP contribution in [-0.2, 0) is 16.6 Å². The summed E-state index contributed by atoms with van der Waals surface area (Å²) >= 11 is 17.8. The Labute approximate surface area is 220 Å². The molecule has 1 fully saturated rings. The van der Waals surface area contributed by atoms with Gasteiger partial charge in [-0.2, -0.15) is 18.3 Å². The molecule has 2 aromatic heterocycles. The molecule has 0 amide bonds. The molecule has 0 spiro atoms. The molecule has 0 N–H and O–H groups in total. The van der Waals surface area contributed by atoms with Crippen molar-refractivity contribution in [2.24, 2.45) is 0 Å². The number of hydrogen-bond acceptors (Lipinski definition) is 5. The van der Waals surface area contributed by atoms with E-state index in [0.717, 1.165) is 11.3 Å². The highest BCUT2D eigenvalue weighted by molar-refractivity contribution is 7.91. The van der Waals surface area contributed by atoms with Crippen molar-refractivity contribution in [2.75, 3.05) is 6.26 Å². The second-order valence-electron chi connectivity index (χ2n) is 7.99. The molecule has 1 aliphatic rings.